The maximum atomic E-state index is 12.6. The Balaban J connectivity index is 1.84. The Bertz CT molecular complexity index is 510. The quantitative estimate of drug-likeness (QED) is 0.769. The van der Waals surface area contributed by atoms with Gasteiger partial charge in [0, 0.05) is 5.56 Å². The third kappa shape index (κ3) is 2.27. The summed E-state index contributed by atoms with van der Waals surface area (Å²) in [7, 11) is 0. The van der Waals surface area contributed by atoms with Crippen LogP contribution in [0.4, 0.5) is 13.2 Å². The minimum Gasteiger partial charge on any atom is -0.374 e. The summed E-state index contributed by atoms with van der Waals surface area (Å²) in [4.78, 5) is 12.3. The maximum Gasteiger partial charge on any atom is 0.416 e. The Hall–Kier alpha value is -1.36. The van der Waals surface area contributed by atoms with Crippen molar-refractivity contribution in [1.82, 2.24) is 0 Å². The van der Waals surface area contributed by atoms with Crippen molar-refractivity contribution < 1.29 is 22.7 Å². The van der Waals surface area contributed by atoms with Gasteiger partial charge in [-0.25, -0.2) is 0 Å². The number of halogens is 3. The summed E-state index contributed by atoms with van der Waals surface area (Å²) in [5.41, 5.74) is -0.640. The zero-order chi connectivity index (χ0) is 13.6. The lowest BCUT2D eigenvalue weighted by atomic mass is 9.83. The number of rotatable bonds is 2. The van der Waals surface area contributed by atoms with Gasteiger partial charge >= 0.3 is 6.18 Å². The largest absolute Gasteiger partial charge is 0.416 e. The number of ketones is 1. The third-order valence-corrected chi connectivity index (χ3v) is 3.92. The summed E-state index contributed by atoms with van der Waals surface area (Å²) >= 11 is 0. The van der Waals surface area contributed by atoms with Gasteiger partial charge in [0.15, 0.2) is 5.78 Å². The number of alkyl halides is 3. The van der Waals surface area contributed by atoms with E-state index in [0.29, 0.717) is 6.42 Å². The molecule has 2 heterocycles. The van der Waals surface area contributed by atoms with E-state index in [1.54, 1.807) is 0 Å². The molecule has 0 saturated carbocycles. The highest BCUT2D eigenvalue weighted by atomic mass is 19.4. The summed E-state index contributed by atoms with van der Waals surface area (Å²) in [5.74, 6) is -0.500. The maximum absolute atomic E-state index is 12.6. The molecule has 0 aromatic heterocycles. The molecule has 0 spiro atoms. The SMILES string of the molecule is O=C(c1cccc(C(F)(F)F)c1)C1CC2CCC1O2. The van der Waals surface area contributed by atoms with Crippen molar-refractivity contribution in [1.29, 1.82) is 0 Å². The number of benzene rings is 1. The highest BCUT2D eigenvalue weighted by molar-refractivity contribution is 5.98. The van der Waals surface area contributed by atoms with E-state index in [0.717, 1.165) is 25.0 Å². The van der Waals surface area contributed by atoms with Gasteiger partial charge in [0.25, 0.3) is 0 Å². The summed E-state index contributed by atoms with van der Waals surface area (Å²) in [6.45, 7) is 0. The second-order valence-corrected chi connectivity index (χ2v) is 5.16. The highest BCUT2D eigenvalue weighted by Crippen LogP contribution is 2.40. The van der Waals surface area contributed by atoms with Gasteiger partial charge in [0.2, 0.25) is 0 Å². The minimum absolute atomic E-state index is 0.105. The zero-order valence-electron chi connectivity index (χ0n) is 10.1. The van der Waals surface area contributed by atoms with Crippen molar-refractivity contribution in [3.05, 3.63) is 35.4 Å². The van der Waals surface area contributed by atoms with Crippen LogP contribution in [0.15, 0.2) is 24.3 Å². The van der Waals surface area contributed by atoms with E-state index in [-0.39, 0.29) is 29.5 Å². The number of carbonyl (C=O) groups is 1. The van der Waals surface area contributed by atoms with Crippen LogP contribution in [0.25, 0.3) is 0 Å². The summed E-state index contributed by atoms with van der Waals surface area (Å²) in [6, 6.07) is 4.65. The Kier molecular flexibility index (Phi) is 2.89. The van der Waals surface area contributed by atoms with Crippen molar-refractivity contribution in [2.45, 2.75) is 37.6 Å². The molecule has 2 bridgehead atoms. The minimum atomic E-state index is -4.42. The van der Waals surface area contributed by atoms with Crippen LogP contribution in [-0.4, -0.2) is 18.0 Å². The number of Topliss-reactive ketones (excluding diaryl/α,β-unsaturated/α-hetero) is 1. The summed E-state index contributed by atoms with van der Waals surface area (Å²) in [6.07, 6.45) is -1.98. The van der Waals surface area contributed by atoms with E-state index in [9.17, 15) is 18.0 Å². The molecule has 19 heavy (non-hydrogen) atoms. The molecule has 3 unspecified atom stereocenters. The molecule has 2 saturated heterocycles. The van der Waals surface area contributed by atoms with E-state index in [1.165, 1.54) is 12.1 Å². The van der Waals surface area contributed by atoms with Crippen LogP contribution < -0.4 is 0 Å². The van der Waals surface area contributed by atoms with Gasteiger partial charge in [-0.1, -0.05) is 12.1 Å². The smallest absolute Gasteiger partial charge is 0.374 e. The summed E-state index contributed by atoms with van der Waals surface area (Å²) in [5, 5.41) is 0. The van der Waals surface area contributed by atoms with Gasteiger partial charge in [-0.05, 0) is 31.4 Å². The van der Waals surface area contributed by atoms with Gasteiger partial charge < -0.3 is 4.74 Å². The average Bonchev–Trinajstić information content (AvgIpc) is 2.99. The molecule has 5 heteroatoms. The Labute approximate surface area is 108 Å². The van der Waals surface area contributed by atoms with Crippen LogP contribution in [0.2, 0.25) is 0 Å². The lowest BCUT2D eigenvalue weighted by molar-refractivity contribution is -0.137. The average molecular weight is 270 g/mol. The van der Waals surface area contributed by atoms with Crippen LogP contribution in [0.3, 0.4) is 0 Å². The first-order chi connectivity index (χ1) is 8.95. The molecule has 2 fully saturated rings. The summed E-state index contributed by atoms with van der Waals surface area (Å²) < 4.78 is 43.4. The first kappa shape index (κ1) is 12.7. The van der Waals surface area contributed by atoms with Crippen molar-refractivity contribution in [2.24, 2.45) is 5.92 Å². The molecular formula is C14H13F3O2. The van der Waals surface area contributed by atoms with E-state index in [4.69, 9.17) is 4.74 Å². The van der Waals surface area contributed by atoms with E-state index >= 15 is 0 Å². The second kappa shape index (κ2) is 4.34. The van der Waals surface area contributed by atoms with Gasteiger partial charge in [0.1, 0.15) is 0 Å². The first-order valence-electron chi connectivity index (χ1n) is 6.32. The third-order valence-electron chi connectivity index (χ3n) is 3.92. The van der Waals surface area contributed by atoms with E-state index in [2.05, 4.69) is 0 Å². The van der Waals surface area contributed by atoms with Crippen LogP contribution >= 0.6 is 0 Å². The fraction of sp³-hybridized carbons (Fsp3) is 0.500. The molecular weight excluding hydrogens is 257 g/mol. The molecule has 1 aromatic rings. The molecule has 0 N–H and O–H groups in total. The molecule has 2 aliphatic rings. The number of hydrogen-bond acceptors (Lipinski definition) is 2. The molecule has 1 aromatic carbocycles. The fourth-order valence-electron chi connectivity index (χ4n) is 2.98. The fourth-order valence-corrected chi connectivity index (χ4v) is 2.98. The molecule has 2 aliphatic heterocycles. The molecule has 3 rings (SSSR count). The lowest BCUT2D eigenvalue weighted by Gasteiger charge is -2.17. The Morgan fingerprint density at radius 1 is 1.26 bits per heavy atom. The molecule has 3 atom stereocenters. The van der Waals surface area contributed by atoms with Gasteiger partial charge in [-0.2, -0.15) is 13.2 Å². The standard InChI is InChI=1S/C14H13F3O2/c15-14(16,17)9-3-1-2-8(6-9)13(18)11-7-10-4-5-12(11)19-10/h1-3,6,10-12H,4-5,7H2. The van der Waals surface area contributed by atoms with Crippen LogP contribution in [0.1, 0.15) is 35.2 Å². The predicted molar refractivity (Wildman–Crippen MR) is 61.8 cm³/mol. The zero-order valence-corrected chi connectivity index (χ0v) is 10.1. The normalized spacial score (nSPS) is 29.7. The number of carbonyl (C=O) groups excluding carboxylic acids is 1. The van der Waals surface area contributed by atoms with Gasteiger partial charge in [-0.15, -0.1) is 0 Å². The lowest BCUT2D eigenvalue weighted by Crippen LogP contribution is -2.25. The predicted octanol–water partition coefficient (Wildman–Crippen LogP) is 3.46. The number of hydrogen-bond donors (Lipinski definition) is 0. The monoisotopic (exact) mass is 270 g/mol. The van der Waals surface area contributed by atoms with Crippen LogP contribution in [0, 0.1) is 5.92 Å². The van der Waals surface area contributed by atoms with Crippen molar-refractivity contribution >= 4 is 5.78 Å². The molecule has 2 nitrogen and oxygen atoms in total. The van der Waals surface area contributed by atoms with E-state index < -0.39 is 11.7 Å². The van der Waals surface area contributed by atoms with Crippen molar-refractivity contribution in [3.8, 4) is 0 Å². The Morgan fingerprint density at radius 2 is 2.05 bits per heavy atom. The second-order valence-electron chi connectivity index (χ2n) is 5.16. The topological polar surface area (TPSA) is 26.3 Å². The van der Waals surface area contributed by atoms with Gasteiger partial charge in [-0.3, -0.25) is 4.79 Å². The molecule has 0 amide bonds. The highest BCUT2D eigenvalue weighted by Gasteiger charge is 2.44. The van der Waals surface area contributed by atoms with Crippen LogP contribution in [0.5, 0.6) is 0 Å². The number of fused-ring (bicyclic) bond motifs is 2. The van der Waals surface area contributed by atoms with E-state index in [1.807, 2.05) is 0 Å². The van der Waals surface area contributed by atoms with Crippen molar-refractivity contribution in [2.75, 3.05) is 0 Å². The van der Waals surface area contributed by atoms with Gasteiger partial charge in [0.05, 0.1) is 23.7 Å². The first-order valence-corrected chi connectivity index (χ1v) is 6.32. The number of ether oxygens (including phenoxy) is 1. The molecule has 0 radical (unpaired) electrons. The van der Waals surface area contributed by atoms with Crippen molar-refractivity contribution in [3.63, 3.8) is 0 Å². The Morgan fingerprint density at radius 3 is 2.63 bits per heavy atom. The molecule has 0 aliphatic carbocycles. The molecule has 102 valence electrons. The van der Waals surface area contributed by atoms with Crippen LogP contribution in [-0.2, 0) is 10.9 Å².